The molecule has 0 N–H and O–H groups in total. The van der Waals surface area contributed by atoms with Crippen molar-refractivity contribution in [1.82, 2.24) is 0 Å². The third kappa shape index (κ3) is 11.5. The molecule has 0 aliphatic carbocycles. The topological polar surface area (TPSA) is 80.3 Å². The molecule has 24 heavy (non-hydrogen) atoms. The zero-order valence-corrected chi connectivity index (χ0v) is 16.9. The summed E-state index contributed by atoms with van der Waals surface area (Å²) in [5.41, 5.74) is 0. The first-order chi connectivity index (χ1) is 11.4. The molecular weight excluding hydrogens is 354 g/mol. The molecule has 0 aromatic carbocycles. The second-order valence-corrected chi connectivity index (χ2v) is 8.60. The lowest BCUT2D eigenvalue weighted by atomic mass is 10.4. The SMILES string of the molecule is C=CCOP(=O)(OCCCC)OP(=O)(OCCCC)OCCCC. The second kappa shape index (κ2) is 14.2. The van der Waals surface area contributed by atoms with Crippen molar-refractivity contribution >= 4 is 15.6 Å². The Balaban J connectivity index is 4.97. The quantitative estimate of drug-likeness (QED) is 0.176. The Morgan fingerprint density at radius 2 is 1.12 bits per heavy atom. The van der Waals surface area contributed by atoms with Crippen LogP contribution in [0.25, 0.3) is 0 Å². The molecule has 0 saturated carbocycles. The van der Waals surface area contributed by atoms with Crippen LogP contribution >= 0.6 is 15.6 Å². The normalized spacial score (nSPS) is 14.5. The molecule has 0 saturated heterocycles. The van der Waals surface area contributed by atoms with E-state index in [1.54, 1.807) is 0 Å². The van der Waals surface area contributed by atoms with Crippen molar-refractivity contribution in [2.75, 3.05) is 26.4 Å². The van der Waals surface area contributed by atoms with E-state index in [0.717, 1.165) is 19.3 Å². The van der Waals surface area contributed by atoms with Gasteiger partial charge in [0.15, 0.2) is 0 Å². The molecule has 0 bridgehead atoms. The summed E-state index contributed by atoms with van der Waals surface area (Å²) in [6.07, 6.45) is 5.98. The maximum Gasteiger partial charge on any atom is 0.484 e. The summed E-state index contributed by atoms with van der Waals surface area (Å²) in [7, 11) is -8.11. The Bertz CT molecular complexity index is 401. The minimum atomic E-state index is -4.07. The van der Waals surface area contributed by atoms with Gasteiger partial charge in [0.2, 0.25) is 0 Å². The standard InChI is InChI=1S/C15H32O7P2/c1-5-9-13-19-23(16,18-12-8-4)22-24(17,20-14-10-6-2)21-15-11-7-3/h8H,4-7,9-15H2,1-3H3. The number of hydrogen-bond acceptors (Lipinski definition) is 7. The van der Waals surface area contributed by atoms with Crippen LogP contribution in [0.3, 0.4) is 0 Å². The van der Waals surface area contributed by atoms with Gasteiger partial charge < -0.3 is 0 Å². The average molecular weight is 386 g/mol. The van der Waals surface area contributed by atoms with Crippen LogP contribution in [0.15, 0.2) is 12.7 Å². The highest BCUT2D eigenvalue weighted by atomic mass is 31.3. The third-order valence-corrected chi connectivity index (χ3v) is 6.35. The van der Waals surface area contributed by atoms with E-state index >= 15 is 0 Å². The molecule has 0 aliphatic rings. The summed E-state index contributed by atoms with van der Waals surface area (Å²) >= 11 is 0. The van der Waals surface area contributed by atoms with Crippen molar-refractivity contribution in [2.45, 2.75) is 59.3 Å². The third-order valence-electron chi connectivity index (χ3n) is 2.79. The molecule has 0 aromatic heterocycles. The number of phosphoric ester groups is 2. The highest BCUT2D eigenvalue weighted by Gasteiger charge is 2.40. The van der Waals surface area contributed by atoms with Gasteiger partial charge in [0.05, 0.1) is 26.4 Å². The van der Waals surface area contributed by atoms with Crippen LogP contribution in [0.4, 0.5) is 0 Å². The number of rotatable bonds is 17. The summed E-state index contributed by atoms with van der Waals surface area (Å²) in [5.74, 6) is 0. The predicted octanol–water partition coefficient (Wildman–Crippen LogP) is 5.87. The van der Waals surface area contributed by atoms with Crippen molar-refractivity contribution < 1.29 is 31.5 Å². The lowest BCUT2D eigenvalue weighted by Crippen LogP contribution is -2.06. The molecule has 7 nitrogen and oxygen atoms in total. The van der Waals surface area contributed by atoms with Crippen molar-refractivity contribution in [3.63, 3.8) is 0 Å². The van der Waals surface area contributed by atoms with Gasteiger partial charge in [-0.15, -0.1) is 6.58 Å². The van der Waals surface area contributed by atoms with Crippen LogP contribution in [0.2, 0.25) is 0 Å². The summed E-state index contributed by atoms with van der Waals surface area (Å²) in [6.45, 7) is 9.85. The molecule has 0 amide bonds. The fourth-order valence-corrected chi connectivity index (χ4v) is 4.63. The molecule has 1 atom stereocenters. The predicted molar refractivity (Wildman–Crippen MR) is 95.0 cm³/mol. The first-order valence-electron chi connectivity index (χ1n) is 8.55. The van der Waals surface area contributed by atoms with Crippen molar-refractivity contribution in [1.29, 1.82) is 0 Å². The fraction of sp³-hybridized carbons (Fsp3) is 0.867. The number of hydrogen-bond donors (Lipinski definition) is 0. The van der Waals surface area contributed by atoms with Crippen LogP contribution < -0.4 is 0 Å². The van der Waals surface area contributed by atoms with Gasteiger partial charge in [-0.25, -0.2) is 9.13 Å². The molecule has 9 heteroatoms. The first kappa shape index (κ1) is 24.0. The van der Waals surface area contributed by atoms with Gasteiger partial charge in [0.1, 0.15) is 0 Å². The first-order valence-corrected chi connectivity index (χ1v) is 11.5. The summed E-state index contributed by atoms with van der Waals surface area (Å²) in [5, 5.41) is 0. The van der Waals surface area contributed by atoms with Gasteiger partial charge in [-0.1, -0.05) is 46.1 Å². The van der Waals surface area contributed by atoms with E-state index in [0.29, 0.717) is 19.3 Å². The van der Waals surface area contributed by atoms with Gasteiger partial charge in [0, 0.05) is 0 Å². The molecule has 0 radical (unpaired) electrons. The number of unbranched alkanes of at least 4 members (excludes halogenated alkanes) is 3. The zero-order valence-electron chi connectivity index (χ0n) is 15.1. The molecular formula is C15H32O7P2. The highest BCUT2D eigenvalue weighted by molar-refractivity contribution is 7.62. The molecule has 0 aliphatic heterocycles. The Hall–Kier alpha value is -0.0000000000000000416. The fourth-order valence-electron chi connectivity index (χ4n) is 1.40. The Kier molecular flexibility index (Phi) is 14.2. The van der Waals surface area contributed by atoms with Crippen LogP contribution in [0, 0.1) is 0 Å². The molecule has 0 heterocycles. The highest BCUT2D eigenvalue weighted by Crippen LogP contribution is 2.66. The van der Waals surface area contributed by atoms with E-state index in [9.17, 15) is 9.13 Å². The summed E-state index contributed by atoms with van der Waals surface area (Å²) in [4.78, 5) is 0. The molecule has 0 aromatic rings. The molecule has 0 rings (SSSR count). The molecule has 0 spiro atoms. The molecule has 144 valence electrons. The van der Waals surface area contributed by atoms with Gasteiger partial charge in [-0.2, -0.15) is 4.31 Å². The van der Waals surface area contributed by atoms with Gasteiger partial charge in [-0.3, -0.25) is 18.1 Å². The number of phosphoric acid groups is 2. The van der Waals surface area contributed by atoms with Crippen molar-refractivity contribution in [3.8, 4) is 0 Å². The second-order valence-electron chi connectivity index (χ2n) is 5.12. The Morgan fingerprint density at radius 1 is 0.750 bits per heavy atom. The van der Waals surface area contributed by atoms with Gasteiger partial charge in [0.25, 0.3) is 0 Å². The van der Waals surface area contributed by atoms with Crippen LogP contribution in [-0.4, -0.2) is 26.4 Å². The summed E-state index contributed by atoms with van der Waals surface area (Å²) < 4.78 is 51.4. The zero-order chi connectivity index (χ0) is 18.3. The van der Waals surface area contributed by atoms with Crippen LogP contribution in [0.1, 0.15) is 59.3 Å². The van der Waals surface area contributed by atoms with E-state index in [4.69, 9.17) is 22.4 Å². The lowest BCUT2D eigenvalue weighted by molar-refractivity contribution is 0.112. The average Bonchev–Trinajstić information content (AvgIpc) is 2.54. The van der Waals surface area contributed by atoms with E-state index in [1.165, 1.54) is 6.08 Å². The largest absolute Gasteiger partial charge is 0.484 e. The van der Waals surface area contributed by atoms with E-state index < -0.39 is 15.6 Å². The lowest BCUT2D eigenvalue weighted by Gasteiger charge is -2.23. The maximum atomic E-state index is 12.7. The van der Waals surface area contributed by atoms with Crippen molar-refractivity contribution in [2.24, 2.45) is 0 Å². The van der Waals surface area contributed by atoms with Crippen LogP contribution in [0.5, 0.6) is 0 Å². The van der Waals surface area contributed by atoms with E-state index in [1.807, 2.05) is 20.8 Å². The monoisotopic (exact) mass is 386 g/mol. The molecule has 1 unspecified atom stereocenters. The summed E-state index contributed by atoms with van der Waals surface area (Å²) in [6, 6.07) is 0. The van der Waals surface area contributed by atoms with E-state index in [2.05, 4.69) is 6.58 Å². The maximum absolute atomic E-state index is 12.7. The van der Waals surface area contributed by atoms with Gasteiger partial charge >= 0.3 is 15.6 Å². The van der Waals surface area contributed by atoms with Crippen molar-refractivity contribution in [3.05, 3.63) is 12.7 Å². The minimum absolute atomic E-state index is 0.0622. The Morgan fingerprint density at radius 3 is 1.46 bits per heavy atom. The van der Waals surface area contributed by atoms with E-state index in [-0.39, 0.29) is 26.4 Å². The minimum Gasteiger partial charge on any atom is -0.287 e. The smallest absolute Gasteiger partial charge is 0.287 e. The van der Waals surface area contributed by atoms with Crippen LogP contribution in [-0.2, 0) is 31.5 Å². The van der Waals surface area contributed by atoms with Gasteiger partial charge in [-0.05, 0) is 19.3 Å². The Labute approximate surface area is 146 Å². The molecule has 0 fully saturated rings.